The molecule has 0 heterocycles. The number of alkyl halides is 2. The van der Waals surface area contributed by atoms with Crippen LogP contribution in [-0.2, 0) is 20.7 Å². The van der Waals surface area contributed by atoms with Crippen molar-refractivity contribution in [1.29, 1.82) is 0 Å². The number of amides is 1. The van der Waals surface area contributed by atoms with Crippen LogP contribution >= 0.6 is 11.8 Å². The van der Waals surface area contributed by atoms with Crippen LogP contribution in [0.3, 0.4) is 0 Å². The zero-order valence-corrected chi connectivity index (χ0v) is 16.7. The highest BCUT2D eigenvalue weighted by molar-refractivity contribution is 7.99. The average Bonchev–Trinajstić information content (AvgIpc) is 2.74. The lowest BCUT2D eigenvalue weighted by molar-refractivity contribution is -0.146. The Labute approximate surface area is 177 Å². The summed E-state index contributed by atoms with van der Waals surface area (Å²) in [5.74, 6) is -3.52. The Morgan fingerprint density at radius 2 is 1.50 bits per heavy atom. The summed E-state index contributed by atoms with van der Waals surface area (Å²) in [6.45, 7) is -0.422. The molecule has 0 fully saturated rings. The molecule has 0 radical (unpaired) electrons. The summed E-state index contributed by atoms with van der Waals surface area (Å²) in [5, 5.41) is 2.55. The Hall–Kier alpha value is -3.19. The molecule has 4 nitrogen and oxygen atoms in total. The van der Waals surface area contributed by atoms with E-state index in [1.807, 2.05) is 54.6 Å². The largest absolute Gasteiger partial charge is 0.455 e. The molecule has 0 spiro atoms. The van der Waals surface area contributed by atoms with E-state index in [1.54, 1.807) is 0 Å². The van der Waals surface area contributed by atoms with Gasteiger partial charge in [0, 0.05) is 10.6 Å². The molecule has 0 saturated carbocycles. The topological polar surface area (TPSA) is 55.4 Å². The molecule has 7 heteroatoms. The van der Waals surface area contributed by atoms with Crippen LogP contribution in [0.25, 0.3) is 11.1 Å². The van der Waals surface area contributed by atoms with Gasteiger partial charge in [-0.3, -0.25) is 9.59 Å². The Morgan fingerprint density at radius 3 is 2.13 bits per heavy atom. The van der Waals surface area contributed by atoms with E-state index in [2.05, 4.69) is 5.32 Å². The summed E-state index contributed by atoms with van der Waals surface area (Å²) in [6.07, 6.45) is 0.0574. The second-order valence-electron chi connectivity index (χ2n) is 6.35. The van der Waals surface area contributed by atoms with Gasteiger partial charge in [-0.05, 0) is 41.0 Å². The fraction of sp³-hybridized carbons (Fsp3) is 0.130. The zero-order chi connectivity index (χ0) is 21.3. The van der Waals surface area contributed by atoms with Gasteiger partial charge in [0.1, 0.15) is 0 Å². The van der Waals surface area contributed by atoms with E-state index >= 15 is 0 Å². The fourth-order valence-corrected chi connectivity index (χ4v) is 3.23. The summed E-state index contributed by atoms with van der Waals surface area (Å²) in [6, 6.07) is 23.4. The first-order chi connectivity index (χ1) is 14.5. The van der Waals surface area contributed by atoms with E-state index in [9.17, 15) is 18.4 Å². The highest BCUT2D eigenvalue weighted by atomic mass is 32.2. The molecule has 0 atom stereocenters. The molecule has 3 aromatic rings. The number of ether oxygens (including phenoxy) is 1. The summed E-state index contributed by atoms with van der Waals surface area (Å²) < 4.78 is 29.6. The monoisotopic (exact) mass is 427 g/mol. The number of thioether (sulfide) groups is 1. The van der Waals surface area contributed by atoms with Crippen molar-refractivity contribution >= 4 is 29.3 Å². The number of anilines is 1. The molecule has 0 aromatic heterocycles. The molecular formula is C23H19F2NO3S. The minimum atomic E-state index is -2.50. The molecular weight excluding hydrogens is 408 g/mol. The van der Waals surface area contributed by atoms with Gasteiger partial charge in [-0.1, -0.05) is 66.4 Å². The van der Waals surface area contributed by atoms with Crippen LogP contribution in [0.2, 0.25) is 0 Å². The van der Waals surface area contributed by atoms with Crippen molar-refractivity contribution < 1.29 is 23.1 Å². The van der Waals surface area contributed by atoms with Gasteiger partial charge in [0.2, 0.25) is 0 Å². The predicted octanol–water partition coefficient (Wildman–Crippen LogP) is 5.39. The van der Waals surface area contributed by atoms with Crippen LogP contribution in [0.1, 0.15) is 5.56 Å². The van der Waals surface area contributed by atoms with Crippen LogP contribution in [0.15, 0.2) is 83.8 Å². The molecule has 30 heavy (non-hydrogen) atoms. The number of hydrogen-bond acceptors (Lipinski definition) is 4. The Morgan fingerprint density at radius 1 is 0.867 bits per heavy atom. The van der Waals surface area contributed by atoms with Gasteiger partial charge >= 0.3 is 5.97 Å². The van der Waals surface area contributed by atoms with Crippen molar-refractivity contribution in [3.05, 3.63) is 84.4 Å². The van der Waals surface area contributed by atoms with Gasteiger partial charge in [-0.15, -0.1) is 0 Å². The van der Waals surface area contributed by atoms with E-state index in [0.29, 0.717) is 22.3 Å². The fourth-order valence-electron chi connectivity index (χ4n) is 2.73. The van der Waals surface area contributed by atoms with Gasteiger partial charge < -0.3 is 10.1 Å². The zero-order valence-electron chi connectivity index (χ0n) is 15.9. The number of hydrogen-bond donors (Lipinski definition) is 1. The minimum Gasteiger partial charge on any atom is -0.455 e. The van der Waals surface area contributed by atoms with Crippen LogP contribution in [0, 0.1) is 0 Å². The van der Waals surface area contributed by atoms with Gasteiger partial charge in [0.05, 0.1) is 6.42 Å². The standard InChI is InChI=1S/C23H19F2NO3S/c24-23(25)30-20-12-10-19(11-13-20)26-21(27)15-29-22(28)14-16-6-8-18(9-7-16)17-4-2-1-3-5-17/h1-13,23H,14-15H2,(H,26,27). The molecule has 0 aliphatic heterocycles. The lowest BCUT2D eigenvalue weighted by Crippen LogP contribution is -2.21. The normalized spacial score (nSPS) is 10.6. The van der Waals surface area contributed by atoms with Crippen LogP contribution in [0.5, 0.6) is 0 Å². The number of nitrogens with one attached hydrogen (secondary N) is 1. The smallest absolute Gasteiger partial charge is 0.310 e. The number of carbonyl (C=O) groups is 2. The molecule has 0 aliphatic rings. The van der Waals surface area contributed by atoms with Crippen molar-refractivity contribution in [3.8, 4) is 11.1 Å². The van der Waals surface area contributed by atoms with Crippen LogP contribution in [-0.4, -0.2) is 24.2 Å². The Balaban J connectivity index is 1.44. The predicted molar refractivity (Wildman–Crippen MR) is 113 cm³/mol. The Kier molecular flexibility index (Phi) is 7.57. The molecule has 3 aromatic carbocycles. The molecule has 154 valence electrons. The van der Waals surface area contributed by atoms with E-state index in [-0.39, 0.29) is 6.42 Å². The van der Waals surface area contributed by atoms with Crippen molar-refractivity contribution in [1.82, 2.24) is 0 Å². The SMILES string of the molecule is O=C(COC(=O)Cc1ccc(-c2ccccc2)cc1)Nc1ccc(SC(F)F)cc1. The van der Waals surface area contributed by atoms with Crippen molar-refractivity contribution in [3.63, 3.8) is 0 Å². The van der Waals surface area contributed by atoms with Gasteiger partial charge in [0.15, 0.2) is 6.61 Å². The Bertz CT molecular complexity index is 978. The van der Waals surface area contributed by atoms with Crippen molar-refractivity contribution in [2.75, 3.05) is 11.9 Å². The van der Waals surface area contributed by atoms with Crippen LogP contribution < -0.4 is 5.32 Å². The molecule has 0 bridgehead atoms. The third-order valence-electron chi connectivity index (χ3n) is 4.14. The number of halogens is 2. The van der Waals surface area contributed by atoms with E-state index in [1.165, 1.54) is 24.3 Å². The summed E-state index contributed by atoms with van der Waals surface area (Å²) >= 11 is 0.425. The maximum Gasteiger partial charge on any atom is 0.310 e. The van der Waals surface area contributed by atoms with Gasteiger partial charge in [-0.25, -0.2) is 0 Å². The lowest BCUT2D eigenvalue weighted by Gasteiger charge is -2.08. The van der Waals surface area contributed by atoms with E-state index in [0.717, 1.165) is 16.7 Å². The average molecular weight is 427 g/mol. The van der Waals surface area contributed by atoms with Crippen LogP contribution in [0.4, 0.5) is 14.5 Å². The van der Waals surface area contributed by atoms with E-state index in [4.69, 9.17) is 4.74 Å². The summed E-state index contributed by atoms with van der Waals surface area (Å²) in [4.78, 5) is 24.3. The number of rotatable bonds is 8. The minimum absolute atomic E-state index is 0.0574. The molecule has 3 rings (SSSR count). The second-order valence-corrected chi connectivity index (χ2v) is 7.41. The first-order valence-corrected chi connectivity index (χ1v) is 10.0. The first kappa shape index (κ1) is 21.5. The third-order valence-corrected chi connectivity index (χ3v) is 4.86. The van der Waals surface area contributed by atoms with Crippen molar-refractivity contribution in [2.24, 2.45) is 0 Å². The maximum atomic E-state index is 12.3. The number of benzene rings is 3. The molecule has 1 N–H and O–H groups in total. The maximum absolute atomic E-state index is 12.3. The number of esters is 1. The molecule has 0 aliphatic carbocycles. The van der Waals surface area contributed by atoms with Gasteiger partial charge in [-0.2, -0.15) is 8.78 Å². The molecule has 1 amide bonds. The summed E-state index contributed by atoms with van der Waals surface area (Å²) in [7, 11) is 0. The van der Waals surface area contributed by atoms with Gasteiger partial charge in [0.25, 0.3) is 11.7 Å². The van der Waals surface area contributed by atoms with E-state index < -0.39 is 24.2 Å². The molecule has 0 unspecified atom stereocenters. The third kappa shape index (κ3) is 6.70. The molecule has 0 saturated heterocycles. The number of carbonyl (C=O) groups excluding carboxylic acids is 2. The van der Waals surface area contributed by atoms with Crippen molar-refractivity contribution in [2.45, 2.75) is 17.1 Å². The highest BCUT2D eigenvalue weighted by Crippen LogP contribution is 2.26. The second kappa shape index (κ2) is 10.5. The first-order valence-electron chi connectivity index (χ1n) is 9.14. The quantitative estimate of drug-likeness (QED) is 0.387. The summed E-state index contributed by atoms with van der Waals surface area (Å²) in [5.41, 5.74) is 3.35. The highest BCUT2D eigenvalue weighted by Gasteiger charge is 2.10. The lowest BCUT2D eigenvalue weighted by atomic mass is 10.0.